The van der Waals surface area contributed by atoms with Gasteiger partial charge in [-0.2, -0.15) is 0 Å². The molecule has 2 aliphatic rings. The second-order valence-corrected chi connectivity index (χ2v) is 10.4. The first-order chi connectivity index (χ1) is 21.3. The minimum Gasteiger partial charge on any atom is -0.508 e. The minimum atomic E-state index is -1.99. The highest BCUT2D eigenvalue weighted by Gasteiger charge is 2.46. The van der Waals surface area contributed by atoms with E-state index in [1.165, 1.54) is 0 Å². The molecule has 0 bridgehead atoms. The van der Waals surface area contributed by atoms with Crippen LogP contribution < -0.4 is 14.9 Å². The van der Waals surface area contributed by atoms with Crippen molar-refractivity contribution in [2.45, 2.75) is 61.4 Å². The summed E-state index contributed by atoms with van der Waals surface area (Å²) in [6.45, 7) is -1.62. The molecule has 0 amide bonds. The van der Waals surface area contributed by atoms with Crippen LogP contribution in [0.3, 0.4) is 0 Å². The zero-order chi connectivity index (χ0) is 32.9. The normalized spacial score (nSPS) is 32.0. The highest BCUT2D eigenvalue weighted by molar-refractivity contribution is 5.88. The third-order valence-corrected chi connectivity index (χ3v) is 7.39. The number of phenols is 4. The third-order valence-electron chi connectivity index (χ3n) is 7.39. The zero-order valence-corrected chi connectivity index (χ0v) is 22.8. The van der Waals surface area contributed by atoms with E-state index in [1.807, 2.05) is 0 Å². The lowest BCUT2D eigenvalue weighted by Crippen LogP contribution is -2.60. The van der Waals surface area contributed by atoms with E-state index in [-0.39, 0.29) is 5.56 Å². The number of aromatic hydroxyl groups is 4. The summed E-state index contributed by atoms with van der Waals surface area (Å²) < 4.78 is 27.1. The Morgan fingerprint density at radius 2 is 1.11 bits per heavy atom. The van der Waals surface area contributed by atoms with Crippen LogP contribution in [0.25, 0.3) is 22.3 Å². The molecule has 18 heteroatoms. The van der Waals surface area contributed by atoms with Crippen LogP contribution in [0, 0.1) is 0 Å². The van der Waals surface area contributed by atoms with Crippen molar-refractivity contribution in [2.24, 2.45) is 0 Å². The molecular weight excluding hydrogens is 612 g/mol. The maximum absolute atomic E-state index is 13.6. The van der Waals surface area contributed by atoms with Gasteiger partial charge in [0, 0.05) is 17.7 Å². The standard InChI is InChI=1S/C27H30O18/c28-5-13-16(34)19(37)21(39)26(42-13)44-24-10(32)1-7(2-11(24)33)23-25(18(36)15-9(31)3-8(30)4-12(15)41-23)45-27-22(40)20(38)17(35)14(6-29)43-27/h1-4,13-14,16-17,19-22,26-35,37-40H,5-6H2. The van der Waals surface area contributed by atoms with Gasteiger partial charge in [-0.1, -0.05) is 0 Å². The molecule has 0 spiro atoms. The van der Waals surface area contributed by atoms with Crippen LogP contribution in [0.4, 0.5) is 0 Å². The van der Waals surface area contributed by atoms with Gasteiger partial charge in [0.2, 0.25) is 29.5 Å². The van der Waals surface area contributed by atoms with Crippen molar-refractivity contribution < 1.29 is 84.6 Å². The van der Waals surface area contributed by atoms with E-state index >= 15 is 0 Å². The summed E-state index contributed by atoms with van der Waals surface area (Å²) in [5.74, 6) is -5.17. The molecule has 2 aliphatic heterocycles. The molecule has 18 nitrogen and oxygen atoms in total. The van der Waals surface area contributed by atoms with E-state index in [0.29, 0.717) is 0 Å². The summed E-state index contributed by atoms with van der Waals surface area (Å²) in [5, 5.41) is 121. The molecule has 0 radical (unpaired) electrons. The Bertz CT molecular complexity index is 1580. The van der Waals surface area contributed by atoms with Crippen LogP contribution in [0.15, 0.2) is 33.5 Å². The molecule has 2 saturated heterocycles. The van der Waals surface area contributed by atoms with E-state index in [2.05, 4.69) is 0 Å². The molecule has 10 atom stereocenters. The van der Waals surface area contributed by atoms with Crippen LogP contribution in [0.1, 0.15) is 0 Å². The number of hydrogen-bond donors (Lipinski definition) is 12. The average Bonchev–Trinajstić information content (AvgIpc) is 2.99. The predicted octanol–water partition coefficient (Wildman–Crippen LogP) is -3.36. The van der Waals surface area contributed by atoms with Gasteiger partial charge in [-0.15, -0.1) is 0 Å². The number of phenolic OH excluding ortho intramolecular Hbond substituents is 4. The molecule has 12 N–H and O–H groups in total. The first-order valence-electron chi connectivity index (χ1n) is 13.3. The Hall–Kier alpha value is -3.95. The lowest BCUT2D eigenvalue weighted by Gasteiger charge is -2.39. The van der Waals surface area contributed by atoms with E-state index in [9.17, 15) is 66.1 Å². The van der Waals surface area contributed by atoms with Gasteiger partial charge in [0.05, 0.1) is 13.2 Å². The van der Waals surface area contributed by atoms with Crippen LogP contribution in [-0.2, 0) is 9.47 Å². The fraction of sp³-hybridized carbons (Fsp3) is 0.444. The second kappa shape index (κ2) is 12.4. The predicted molar refractivity (Wildman–Crippen MR) is 143 cm³/mol. The summed E-state index contributed by atoms with van der Waals surface area (Å²) in [7, 11) is 0. The summed E-state index contributed by atoms with van der Waals surface area (Å²) in [4.78, 5) is 13.6. The quantitative estimate of drug-likeness (QED) is 0.120. The molecule has 1 aromatic heterocycles. The van der Waals surface area contributed by atoms with Gasteiger partial charge in [0.25, 0.3) is 0 Å². The summed E-state index contributed by atoms with van der Waals surface area (Å²) in [5.41, 5.74) is -1.86. The molecule has 45 heavy (non-hydrogen) atoms. The van der Waals surface area contributed by atoms with Crippen LogP contribution >= 0.6 is 0 Å². The first kappa shape index (κ1) is 32.4. The Morgan fingerprint density at radius 1 is 0.622 bits per heavy atom. The topological polar surface area (TPSA) is 310 Å². The molecule has 0 saturated carbocycles. The Kier molecular flexibility index (Phi) is 8.97. The largest absolute Gasteiger partial charge is 0.508 e. The fourth-order valence-electron chi connectivity index (χ4n) is 4.98. The number of aliphatic hydroxyl groups is 8. The second-order valence-electron chi connectivity index (χ2n) is 10.4. The van der Waals surface area contributed by atoms with Gasteiger partial charge in [-0.05, 0) is 12.1 Å². The number of aliphatic hydroxyl groups excluding tert-OH is 8. The van der Waals surface area contributed by atoms with Crippen LogP contribution in [0.5, 0.6) is 34.5 Å². The number of benzene rings is 2. The molecule has 2 aromatic carbocycles. The smallest absolute Gasteiger partial charge is 0.239 e. The molecule has 0 aliphatic carbocycles. The monoisotopic (exact) mass is 642 g/mol. The van der Waals surface area contributed by atoms with Crippen molar-refractivity contribution in [1.29, 1.82) is 0 Å². The molecule has 3 aromatic rings. The van der Waals surface area contributed by atoms with Crippen molar-refractivity contribution in [3.05, 3.63) is 34.5 Å². The first-order valence-corrected chi connectivity index (χ1v) is 13.3. The van der Waals surface area contributed by atoms with Crippen molar-refractivity contribution in [1.82, 2.24) is 0 Å². The van der Waals surface area contributed by atoms with Crippen LogP contribution in [-0.4, -0.2) is 136 Å². The average molecular weight is 643 g/mol. The number of fused-ring (bicyclic) bond motifs is 1. The molecule has 2 fully saturated rings. The Labute approximate surface area is 250 Å². The molecule has 246 valence electrons. The highest BCUT2D eigenvalue weighted by atomic mass is 16.7. The SMILES string of the molecule is O=c1c(OC2OC(CO)C(O)C(O)C2O)c(-c2cc(O)c(OC3OC(CO)C(O)C(O)C3O)c(O)c2)oc2cc(O)cc(O)c12. The van der Waals surface area contributed by atoms with Gasteiger partial charge in [0.1, 0.15) is 71.3 Å². The Morgan fingerprint density at radius 3 is 1.60 bits per heavy atom. The van der Waals surface area contributed by atoms with Crippen LogP contribution in [0.2, 0.25) is 0 Å². The van der Waals surface area contributed by atoms with Gasteiger partial charge < -0.3 is 84.6 Å². The number of rotatable bonds is 7. The summed E-state index contributed by atoms with van der Waals surface area (Å²) >= 11 is 0. The maximum Gasteiger partial charge on any atom is 0.239 e. The number of ether oxygens (including phenoxy) is 4. The summed E-state index contributed by atoms with van der Waals surface area (Å²) in [6.07, 6.45) is -17.7. The number of hydrogen-bond acceptors (Lipinski definition) is 18. The lowest BCUT2D eigenvalue weighted by molar-refractivity contribution is -0.277. The van der Waals surface area contributed by atoms with Crippen molar-refractivity contribution in [2.75, 3.05) is 13.2 Å². The minimum absolute atomic E-state index is 0.326. The van der Waals surface area contributed by atoms with Gasteiger partial charge in [-0.3, -0.25) is 4.79 Å². The van der Waals surface area contributed by atoms with Gasteiger partial charge >= 0.3 is 0 Å². The summed E-state index contributed by atoms with van der Waals surface area (Å²) in [6, 6.07) is 3.51. The zero-order valence-electron chi connectivity index (χ0n) is 22.8. The van der Waals surface area contributed by atoms with E-state index in [1.54, 1.807) is 0 Å². The van der Waals surface area contributed by atoms with E-state index < -0.39 is 131 Å². The Balaban J connectivity index is 1.59. The van der Waals surface area contributed by atoms with Crippen molar-refractivity contribution in [3.63, 3.8) is 0 Å². The van der Waals surface area contributed by atoms with Gasteiger partial charge in [-0.25, -0.2) is 0 Å². The van der Waals surface area contributed by atoms with Gasteiger partial charge in [0.15, 0.2) is 17.3 Å². The fourth-order valence-corrected chi connectivity index (χ4v) is 4.98. The molecule has 10 unspecified atom stereocenters. The van der Waals surface area contributed by atoms with Crippen molar-refractivity contribution >= 4 is 11.0 Å². The molecular formula is C27H30O18. The lowest BCUT2D eigenvalue weighted by atomic mass is 9.99. The van der Waals surface area contributed by atoms with E-state index in [0.717, 1.165) is 24.3 Å². The van der Waals surface area contributed by atoms with Crippen molar-refractivity contribution in [3.8, 4) is 45.8 Å². The highest BCUT2D eigenvalue weighted by Crippen LogP contribution is 2.44. The van der Waals surface area contributed by atoms with E-state index in [4.69, 9.17) is 23.4 Å². The molecule has 5 rings (SSSR count). The molecule has 3 heterocycles. The third kappa shape index (κ3) is 5.79. The maximum atomic E-state index is 13.6.